The fraction of sp³-hybridized carbons (Fsp3) is 0.0606. The zero-order valence-corrected chi connectivity index (χ0v) is 22.4. The van der Waals surface area contributed by atoms with Crippen LogP contribution >= 0.6 is 18.6 Å². The van der Waals surface area contributed by atoms with Crippen LogP contribution in [0.25, 0.3) is 10.2 Å². The lowest BCUT2D eigenvalue weighted by Crippen LogP contribution is -2.32. The summed E-state index contributed by atoms with van der Waals surface area (Å²) in [5, 5.41) is 4.89. The third-order valence-electron chi connectivity index (χ3n) is 6.67. The smallest absolute Gasteiger partial charge is 0.140 e. The lowest BCUT2D eigenvalue weighted by Gasteiger charge is -2.28. The molecule has 6 aromatic rings. The number of ether oxygens (including phenoxy) is 1. The number of aromatic nitrogens is 1. The van der Waals surface area contributed by atoms with Gasteiger partial charge in [0.05, 0.1) is 16.4 Å². The number of thiazole rings is 1. The monoisotopic (exact) mass is 534 g/mol. The molecule has 0 radical (unpaired) electrons. The Morgan fingerprint density at radius 2 is 1.26 bits per heavy atom. The summed E-state index contributed by atoms with van der Waals surface area (Å²) in [5.74, 6) is 0.533. The maximum Gasteiger partial charge on any atom is 0.140 e. The summed E-state index contributed by atoms with van der Waals surface area (Å²) in [7, 11) is -2.00. The van der Waals surface area contributed by atoms with E-state index in [9.17, 15) is 4.39 Å². The highest BCUT2D eigenvalue weighted by Crippen LogP contribution is 2.58. The lowest BCUT2D eigenvalue weighted by molar-refractivity contribution is 0.305. The van der Waals surface area contributed by atoms with Crippen molar-refractivity contribution in [1.82, 2.24) is 4.98 Å². The molecule has 0 saturated carbocycles. The van der Waals surface area contributed by atoms with E-state index in [1.165, 1.54) is 44.9 Å². The van der Waals surface area contributed by atoms with E-state index >= 15 is 0 Å². The van der Waals surface area contributed by atoms with Crippen molar-refractivity contribution in [3.63, 3.8) is 0 Å². The summed E-state index contributed by atoms with van der Waals surface area (Å²) >= 11 is 1.53. The molecule has 0 spiro atoms. The zero-order valence-electron chi connectivity index (χ0n) is 20.7. The largest absolute Gasteiger partial charge is 0.486 e. The van der Waals surface area contributed by atoms with Crippen LogP contribution in [0.1, 0.15) is 10.6 Å². The maximum atomic E-state index is 13.6. The molecule has 0 aliphatic heterocycles. The van der Waals surface area contributed by atoms with Crippen LogP contribution in [0.15, 0.2) is 133 Å². The molecule has 0 N–H and O–H groups in total. The fourth-order valence-corrected chi connectivity index (χ4v) is 10.0. The Kier molecular flexibility index (Phi) is 7.00. The molecule has 0 fully saturated rings. The van der Waals surface area contributed by atoms with Gasteiger partial charge in [-0.15, -0.1) is 11.3 Å². The van der Waals surface area contributed by atoms with E-state index in [4.69, 9.17) is 4.74 Å². The van der Waals surface area contributed by atoms with Gasteiger partial charge < -0.3 is 4.74 Å². The number of rotatable bonds is 8. The van der Waals surface area contributed by atoms with Gasteiger partial charge in [-0.25, -0.2) is 9.37 Å². The number of fused-ring (bicyclic) bond motifs is 1. The summed E-state index contributed by atoms with van der Waals surface area (Å²) < 4.78 is 20.7. The van der Waals surface area contributed by atoms with Crippen molar-refractivity contribution in [2.24, 2.45) is 0 Å². The van der Waals surface area contributed by atoms with Crippen molar-refractivity contribution in [2.75, 3.05) is 0 Å². The summed E-state index contributed by atoms with van der Waals surface area (Å²) in [5.41, 5.74) is 1.89. The van der Waals surface area contributed by atoms with Gasteiger partial charge in [0.2, 0.25) is 0 Å². The van der Waals surface area contributed by atoms with Crippen LogP contribution in [0.4, 0.5) is 4.39 Å². The highest BCUT2D eigenvalue weighted by Gasteiger charge is 2.45. The van der Waals surface area contributed by atoms with Crippen LogP contribution in [-0.4, -0.2) is 4.98 Å². The zero-order chi connectivity index (χ0) is 25.8. The number of nitrogens with zero attached hydrogens (tertiary/aromatic N) is 1. The fourth-order valence-electron chi connectivity index (χ4n) is 4.93. The molecule has 1 aromatic heterocycles. The van der Waals surface area contributed by atoms with Gasteiger partial charge in [-0.2, -0.15) is 0 Å². The van der Waals surface area contributed by atoms with Crippen LogP contribution < -0.4 is 20.7 Å². The molecule has 186 valence electrons. The molecular formula is C33H26FNOPS+. The van der Waals surface area contributed by atoms with E-state index in [-0.39, 0.29) is 5.82 Å². The summed E-state index contributed by atoms with van der Waals surface area (Å²) in [6.45, 7) is 0.348. The highest BCUT2D eigenvalue weighted by molar-refractivity contribution is 7.95. The first-order valence-electron chi connectivity index (χ1n) is 12.5. The van der Waals surface area contributed by atoms with Gasteiger partial charge in [0.1, 0.15) is 46.4 Å². The minimum atomic E-state index is -2.00. The molecular weight excluding hydrogens is 508 g/mol. The number of hydrogen-bond donors (Lipinski definition) is 0. The SMILES string of the molecule is Fc1ccc2sc(COc3cccc(C[P+](c4ccccc4)(c4ccccc4)c4ccccc4)c3)nc2c1. The van der Waals surface area contributed by atoms with Gasteiger partial charge in [0.15, 0.2) is 0 Å². The second kappa shape index (κ2) is 10.9. The molecule has 0 saturated heterocycles. The van der Waals surface area contributed by atoms with Crippen LogP contribution in [0, 0.1) is 5.82 Å². The minimum Gasteiger partial charge on any atom is -0.486 e. The van der Waals surface area contributed by atoms with E-state index in [0.29, 0.717) is 12.1 Å². The van der Waals surface area contributed by atoms with Gasteiger partial charge in [0, 0.05) is 6.07 Å². The van der Waals surface area contributed by atoms with Crippen LogP contribution in [0.2, 0.25) is 0 Å². The number of benzene rings is 5. The molecule has 0 bridgehead atoms. The summed E-state index contributed by atoms with van der Waals surface area (Å²) in [4.78, 5) is 4.55. The van der Waals surface area contributed by atoms with Gasteiger partial charge in [-0.3, -0.25) is 0 Å². The second-order valence-corrected chi connectivity index (χ2v) is 13.7. The Bertz CT molecular complexity index is 1560. The normalized spacial score (nSPS) is 11.5. The summed E-state index contributed by atoms with van der Waals surface area (Å²) in [6, 6.07) is 45.8. The van der Waals surface area contributed by atoms with E-state index in [0.717, 1.165) is 21.6 Å². The van der Waals surface area contributed by atoms with Crippen molar-refractivity contribution in [3.8, 4) is 5.75 Å². The first-order valence-corrected chi connectivity index (χ1v) is 15.3. The molecule has 1 heterocycles. The van der Waals surface area contributed by atoms with Crippen molar-refractivity contribution in [1.29, 1.82) is 0 Å². The Morgan fingerprint density at radius 1 is 0.658 bits per heavy atom. The second-order valence-electron chi connectivity index (χ2n) is 9.13. The molecule has 6 rings (SSSR count). The standard InChI is InChI=1S/C33H26FNOPS/c34-26-19-20-32-31(22-26)35-33(38-32)23-36-27-12-10-11-25(21-27)24-37(28-13-4-1-5-14-28,29-15-6-2-7-16-29)30-17-8-3-9-18-30/h1-22H,23-24H2/q+1. The molecule has 38 heavy (non-hydrogen) atoms. The van der Waals surface area contributed by atoms with Gasteiger partial charge in [-0.05, 0) is 66.2 Å². The first-order chi connectivity index (χ1) is 18.7. The first kappa shape index (κ1) is 24.5. The van der Waals surface area contributed by atoms with Crippen molar-refractivity contribution < 1.29 is 9.13 Å². The van der Waals surface area contributed by atoms with Gasteiger partial charge in [-0.1, -0.05) is 66.7 Å². The Hall–Kier alpha value is -3.85. The molecule has 0 unspecified atom stereocenters. The van der Waals surface area contributed by atoms with Crippen molar-refractivity contribution in [3.05, 3.63) is 150 Å². The number of halogens is 1. The van der Waals surface area contributed by atoms with Gasteiger partial charge >= 0.3 is 0 Å². The third-order valence-corrected chi connectivity index (χ3v) is 12.1. The van der Waals surface area contributed by atoms with Gasteiger partial charge in [0.25, 0.3) is 0 Å². The molecule has 2 nitrogen and oxygen atoms in total. The Labute approximate surface area is 226 Å². The predicted molar refractivity (Wildman–Crippen MR) is 159 cm³/mol. The minimum absolute atomic E-state index is 0.273. The van der Waals surface area contributed by atoms with Crippen LogP contribution in [0.5, 0.6) is 5.75 Å². The van der Waals surface area contributed by atoms with Crippen LogP contribution in [0.3, 0.4) is 0 Å². The average molecular weight is 535 g/mol. The molecule has 0 amide bonds. The van der Waals surface area contributed by atoms with E-state index in [1.807, 2.05) is 6.07 Å². The van der Waals surface area contributed by atoms with E-state index < -0.39 is 7.26 Å². The quantitative estimate of drug-likeness (QED) is 0.189. The maximum absolute atomic E-state index is 13.6. The Balaban J connectivity index is 1.36. The highest BCUT2D eigenvalue weighted by atomic mass is 32.1. The van der Waals surface area contributed by atoms with Crippen molar-refractivity contribution >= 4 is 44.7 Å². The third kappa shape index (κ3) is 4.98. The lowest BCUT2D eigenvalue weighted by atomic mass is 10.2. The van der Waals surface area contributed by atoms with E-state index in [1.54, 1.807) is 6.07 Å². The topological polar surface area (TPSA) is 22.1 Å². The summed E-state index contributed by atoms with van der Waals surface area (Å²) in [6.07, 6.45) is 0.878. The van der Waals surface area contributed by atoms with Crippen molar-refractivity contribution in [2.45, 2.75) is 12.8 Å². The molecule has 0 atom stereocenters. The van der Waals surface area contributed by atoms with E-state index in [2.05, 4.69) is 114 Å². The number of hydrogen-bond acceptors (Lipinski definition) is 3. The van der Waals surface area contributed by atoms with Crippen LogP contribution in [-0.2, 0) is 12.8 Å². The molecule has 0 aliphatic carbocycles. The molecule has 5 aromatic carbocycles. The molecule has 0 aliphatic rings. The predicted octanol–water partition coefficient (Wildman–Crippen LogP) is 7.51. The Morgan fingerprint density at radius 3 is 1.87 bits per heavy atom. The molecule has 5 heteroatoms. The average Bonchev–Trinajstić information content (AvgIpc) is 3.38.